The fraction of sp³-hybridized carbons (Fsp3) is 1.00. The van der Waals surface area contributed by atoms with Crippen LogP contribution in [-0.2, 0) is 18.9 Å². The first-order valence-electron chi connectivity index (χ1n) is 5.02. The smallest absolute Gasteiger partial charge is 0.114 e. The third-order valence-corrected chi connectivity index (χ3v) is 2.47. The highest BCUT2D eigenvalue weighted by Gasteiger charge is 2.33. The molecule has 16 heavy (non-hydrogen) atoms. The maximum Gasteiger partial charge on any atom is 0.114 e. The van der Waals surface area contributed by atoms with Crippen molar-refractivity contribution in [1.29, 1.82) is 0 Å². The van der Waals surface area contributed by atoms with Gasteiger partial charge in [-0.2, -0.15) is 0 Å². The normalized spacial score (nSPS) is 19.1. The maximum atomic E-state index is 10.0. The van der Waals surface area contributed by atoms with E-state index in [1.165, 1.54) is 28.4 Å². The molecule has 6 heteroatoms. The van der Waals surface area contributed by atoms with Crippen molar-refractivity contribution in [2.24, 2.45) is 0 Å². The SMILES string of the molecule is COC[C@@H](OC)[C@@H](O)[C@H](OC)[C@@H](CO)OC. The number of ether oxygens (including phenoxy) is 4. The van der Waals surface area contributed by atoms with Gasteiger partial charge >= 0.3 is 0 Å². The predicted octanol–water partition coefficient (Wildman–Crippen LogP) is -0.969. The monoisotopic (exact) mass is 238 g/mol. The predicted molar refractivity (Wildman–Crippen MR) is 57.4 cm³/mol. The lowest BCUT2D eigenvalue weighted by Gasteiger charge is -2.31. The van der Waals surface area contributed by atoms with Crippen molar-refractivity contribution in [1.82, 2.24) is 0 Å². The standard InChI is InChI=1S/C10H22O6/c1-13-6-8(15-3)9(12)10(16-4)7(5-11)14-2/h7-12H,5-6H2,1-4H3/t7-,8-,9-,10-/m1/s1. The average molecular weight is 238 g/mol. The molecule has 0 aliphatic rings. The first-order chi connectivity index (χ1) is 7.65. The molecule has 0 heterocycles. The summed E-state index contributed by atoms with van der Waals surface area (Å²) in [7, 11) is 5.87. The summed E-state index contributed by atoms with van der Waals surface area (Å²) in [5.74, 6) is 0. The summed E-state index contributed by atoms with van der Waals surface area (Å²) in [5, 5.41) is 19.1. The number of aliphatic hydroxyl groups is 2. The zero-order valence-electron chi connectivity index (χ0n) is 10.3. The van der Waals surface area contributed by atoms with Gasteiger partial charge in [-0.3, -0.25) is 0 Å². The van der Waals surface area contributed by atoms with E-state index in [4.69, 9.17) is 24.1 Å². The molecule has 0 aliphatic heterocycles. The molecular weight excluding hydrogens is 216 g/mol. The third-order valence-electron chi connectivity index (χ3n) is 2.47. The highest BCUT2D eigenvalue weighted by atomic mass is 16.6. The molecule has 0 unspecified atom stereocenters. The van der Waals surface area contributed by atoms with Crippen LogP contribution in [0.5, 0.6) is 0 Å². The first-order valence-corrected chi connectivity index (χ1v) is 5.02. The Morgan fingerprint density at radius 1 is 0.938 bits per heavy atom. The Kier molecular flexibility index (Phi) is 8.73. The highest BCUT2D eigenvalue weighted by molar-refractivity contribution is 4.83. The Labute approximate surface area is 96.1 Å². The molecule has 0 aromatic heterocycles. The van der Waals surface area contributed by atoms with Gasteiger partial charge in [0, 0.05) is 28.4 Å². The van der Waals surface area contributed by atoms with Crippen LogP contribution in [0.2, 0.25) is 0 Å². The van der Waals surface area contributed by atoms with Crippen molar-refractivity contribution >= 4 is 0 Å². The van der Waals surface area contributed by atoms with E-state index in [1.807, 2.05) is 0 Å². The van der Waals surface area contributed by atoms with Crippen LogP contribution >= 0.6 is 0 Å². The molecule has 0 rings (SSSR count). The van der Waals surface area contributed by atoms with Crippen LogP contribution in [0.4, 0.5) is 0 Å². The van der Waals surface area contributed by atoms with E-state index in [-0.39, 0.29) is 13.2 Å². The molecule has 0 spiro atoms. The third kappa shape index (κ3) is 4.32. The van der Waals surface area contributed by atoms with Crippen LogP contribution in [-0.4, -0.2) is 76.3 Å². The molecule has 0 amide bonds. The second-order valence-corrected chi connectivity index (χ2v) is 3.38. The Morgan fingerprint density at radius 2 is 1.50 bits per heavy atom. The summed E-state index contributed by atoms with van der Waals surface area (Å²) in [6.45, 7) is -0.00509. The molecule has 0 aliphatic carbocycles. The van der Waals surface area contributed by atoms with E-state index in [2.05, 4.69) is 0 Å². The quantitative estimate of drug-likeness (QED) is 0.538. The van der Waals surface area contributed by atoms with Crippen molar-refractivity contribution < 1.29 is 29.2 Å². The molecule has 2 N–H and O–H groups in total. The summed E-state index contributed by atoms with van der Waals surface area (Å²) >= 11 is 0. The van der Waals surface area contributed by atoms with E-state index in [9.17, 15) is 5.11 Å². The second kappa shape index (κ2) is 8.86. The lowest BCUT2D eigenvalue weighted by atomic mass is 10.0. The number of rotatable bonds is 9. The number of methoxy groups -OCH3 is 4. The summed E-state index contributed by atoms with van der Waals surface area (Å²) in [5.41, 5.74) is 0. The molecule has 0 fully saturated rings. The Morgan fingerprint density at radius 3 is 1.81 bits per heavy atom. The second-order valence-electron chi connectivity index (χ2n) is 3.38. The van der Waals surface area contributed by atoms with E-state index in [0.29, 0.717) is 0 Å². The van der Waals surface area contributed by atoms with E-state index in [0.717, 1.165) is 0 Å². The van der Waals surface area contributed by atoms with E-state index < -0.39 is 24.4 Å². The van der Waals surface area contributed by atoms with Crippen molar-refractivity contribution in [3.05, 3.63) is 0 Å². The van der Waals surface area contributed by atoms with Gasteiger partial charge < -0.3 is 29.2 Å². The van der Waals surface area contributed by atoms with E-state index in [1.54, 1.807) is 0 Å². The molecular formula is C10H22O6. The largest absolute Gasteiger partial charge is 0.394 e. The maximum absolute atomic E-state index is 10.0. The average Bonchev–Trinajstić information content (AvgIpc) is 2.31. The van der Waals surface area contributed by atoms with Gasteiger partial charge in [0.05, 0.1) is 13.2 Å². The Balaban J connectivity index is 4.52. The van der Waals surface area contributed by atoms with Crippen molar-refractivity contribution in [3.63, 3.8) is 0 Å². The highest BCUT2D eigenvalue weighted by Crippen LogP contribution is 2.13. The van der Waals surface area contributed by atoms with Crippen LogP contribution in [0, 0.1) is 0 Å². The molecule has 98 valence electrons. The molecule has 6 nitrogen and oxygen atoms in total. The minimum atomic E-state index is -0.938. The Bertz CT molecular complexity index is 161. The van der Waals surface area contributed by atoms with Gasteiger partial charge in [-0.05, 0) is 0 Å². The summed E-state index contributed by atoms with van der Waals surface area (Å²) < 4.78 is 20.1. The van der Waals surface area contributed by atoms with Crippen molar-refractivity contribution in [3.8, 4) is 0 Å². The van der Waals surface area contributed by atoms with Crippen LogP contribution in [0.25, 0.3) is 0 Å². The lowest BCUT2D eigenvalue weighted by Crippen LogP contribution is -2.49. The molecule has 0 saturated carbocycles. The Hall–Kier alpha value is -0.240. The molecule has 0 aromatic rings. The summed E-state index contributed by atoms with van der Waals surface area (Å²) in [4.78, 5) is 0. The van der Waals surface area contributed by atoms with Gasteiger partial charge in [0.15, 0.2) is 0 Å². The van der Waals surface area contributed by atoms with Crippen LogP contribution in [0.3, 0.4) is 0 Å². The van der Waals surface area contributed by atoms with Gasteiger partial charge in [-0.15, -0.1) is 0 Å². The van der Waals surface area contributed by atoms with Crippen LogP contribution < -0.4 is 0 Å². The van der Waals surface area contributed by atoms with Crippen molar-refractivity contribution in [2.45, 2.75) is 24.4 Å². The first kappa shape index (κ1) is 15.8. The van der Waals surface area contributed by atoms with Gasteiger partial charge in [-0.1, -0.05) is 0 Å². The minimum absolute atomic E-state index is 0.236. The number of aliphatic hydroxyl groups excluding tert-OH is 2. The zero-order chi connectivity index (χ0) is 12.6. The molecule has 0 aromatic carbocycles. The summed E-state index contributed by atoms with van der Waals surface area (Å²) in [6, 6.07) is 0. The van der Waals surface area contributed by atoms with Crippen molar-refractivity contribution in [2.75, 3.05) is 41.7 Å². The van der Waals surface area contributed by atoms with Gasteiger partial charge in [0.1, 0.15) is 24.4 Å². The minimum Gasteiger partial charge on any atom is -0.394 e. The number of hydrogen-bond acceptors (Lipinski definition) is 6. The fourth-order valence-corrected chi connectivity index (χ4v) is 1.51. The van der Waals surface area contributed by atoms with Gasteiger partial charge in [0.25, 0.3) is 0 Å². The molecule has 0 radical (unpaired) electrons. The molecule has 4 atom stereocenters. The lowest BCUT2D eigenvalue weighted by molar-refractivity contribution is -0.154. The van der Waals surface area contributed by atoms with E-state index >= 15 is 0 Å². The van der Waals surface area contributed by atoms with Crippen LogP contribution in [0.1, 0.15) is 0 Å². The molecule has 0 saturated heterocycles. The van der Waals surface area contributed by atoms with Gasteiger partial charge in [-0.25, -0.2) is 0 Å². The molecule has 0 bridgehead atoms. The number of hydrogen-bond donors (Lipinski definition) is 2. The zero-order valence-corrected chi connectivity index (χ0v) is 10.3. The summed E-state index contributed by atoms with van der Waals surface area (Å²) in [6.07, 6.45) is -2.74. The fourth-order valence-electron chi connectivity index (χ4n) is 1.51. The van der Waals surface area contributed by atoms with Gasteiger partial charge in [0.2, 0.25) is 0 Å². The topological polar surface area (TPSA) is 77.4 Å². The van der Waals surface area contributed by atoms with Crippen LogP contribution in [0.15, 0.2) is 0 Å².